The molecule has 8 nitrogen and oxygen atoms in total. The molecule has 46 heavy (non-hydrogen) atoms. The number of ketones is 1. The molecule has 5 rings (SSSR count). The number of halogens is 2. The summed E-state index contributed by atoms with van der Waals surface area (Å²) in [5, 5.41) is 10.7. The molecule has 2 N–H and O–H groups in total. The number of anilines is 2. The van der Waals surface area contributed by atoms with Gasteiger partial charge < -0.3 is 10.1 Å². The Balaban J connectivity index is 1.10. The number of rotatable bonds is 10. The molecule has 0 aliphatic carbocycles. The average molecular weight is 630 g/mol. The number of ether oxygens (including phenoxy) is 1. The maximum absolute atomic E-state index is 13.0. The molecule has 242 valence electrons. The second-order valence-corrected chi connectivity index (χ2v) is 12.9. The Hall–Kier alpha value is -4.57. The van der Waals surface area contributed by atoms with Crippen LogP contribution >= 0.6 is 0 Å². The van der Waals surface area contributed by atoms with Gasteiger partial charge in [0, 0.05) is 22.7 Å². The summed E-state index contributed by atoms with van der Waals surface area (Å²) in [4.78, 5) is 27.8. The maximum atomic E-state index is 13.0. The Labute approximate surface area is 268 Å². The lowest BCUT2D eigenvalue weighted by molar-refractivity contribution is -0.0498. The molecule has 1 fully saturated rings. The number of alkyl halides is 2. The molecular weight excluding hydrogens is 588 g/mol. The van der Waals surface area contributed by atoms with E-state index in [9.17, 15) is 18.4 Å². The van der Waals surface area contributed by atoms with Crippen LogP contribution in [0.15, 0.2) is 78.9 Å². The Morgan fingerprint density at radius 3 is 2.20 bits per heavy atom. The molecule has 1 aliphatic heterocycles. The fraction of sp³-hybridized carbons (Fsp3) is 0.361. The summed E-state index contributed by atoms with van der Waals surface area (Å²) in [7, 11) is 0. The highest BCUT2D eigenvalue weighted by molar-refractivity contribution is 5.99. The molecule has 2 heterocycles. The van der Waals surface area contributed by atoms with E-state index in [0.717, 1.165) is 49.3 Å². The number of Topliss-reactive ketones (excluding diaryl/α,β-unsaturated/α-hetero) is 1. The van der Waals surface area contributed by atoms with E-state index in [1.54, 1.807) is 4.68 Å². The van der Waals surface area contributed by atoms with Crippen LogP contribution < -0.4 is 15.4 Å². The molecule has 0 radical (unpaired) electrons. The number of nitrogens with zero attached hydrogens (tertiary/aromatic N) is 3. The van der Waals surface area contributed by atoms with Crippen LogP contribution in [-0.4, -0.2) is 52.7 Å². The van der Waals surface area contributed by atoms with Gasteiger partial charge in [-0.1, -0.05) is 50.6 Å². The highest BCUT2D eigenvalue weighted by Gasteiger charge is 2.23. The van der Waals surface area contributed by atoms with Crippen LogP contribution in [-0.2, 0) is 11.8 Å². The van der Waals surface area contributed by atoms with Gasteiger partial charge in [-0.2, -0.15) is 13.9 Å². The molecule has 3 aromatic carbocycles. The number of aromatic nitrogens is 2. The number of urea groups is 1. The lowest BCUT2D eigenvalue weighted by atomic mass is 9.90. The first-order valence-corrected chi connectivity index (χ1v) is 15.6. The summed E-state index contributed by atoms with van der Waals surface area (Å²) in [5.41, 5.74) is 5.08. The maximum Gasteiger partial charge on any atom is 0.387 e. The summed E-state index contributed by atoms with van der Waals surface area (Å²) < 4.78 is 30.8. The van der Waals surface area contributed by atoms with Gasteiger partial charge in [-0.05, 0) is 99.3 Å². The lowest BCUT2D eigenvalue weighted by Crippen LogP contribution is -2.37. The molecular formula is C36H41F2N5O3. The zero-order valence-corrected chi connectivity index (χ0v) is 26.7. The van der Waals surface area contributed by atoms with E-state index in [2.05, 4.69) is 41.0 Å². The number of benzene rings is 3. The fourth-order valence-electron chi connectivity index (χ4n) is 5.52. The van der Waals surface area contributed by atoms with E-state index in [1.165, 1.54) is 29.8 Å². The predicted molar refractivity (Wildman–Crippen MR) is 176 cm³/mol. The minimum atomic E-state index is -2.89. The van der Waals surface area contributed by atoms with Gasteiger partial charge in [-0.15, -0.1) is 0 Å². The Kier molecular flexibility index (Phi) is 10.2. The van der Waals surface area contributed by atoms with Crippen LogP contribution in [0, 0.1) is 12.8 Å². The van der Waals surface area contributed by atoms with E-state index in [4.69, 9.17) is 5.10 Å². The highest BCUT2D eigenvalue weighted by Crippen LogP contribution is 2.27. The molecule has 2 amide bonds. The van der Waals surface area contributed by atoms with Crippen molar-refractivity contribution >= 4 is 23.3 Å². The number of nitrogens with one attached hydrogen (secondary N) is 2. The molecule has 0 spiro atoms. The number of carbonyl (C=O) groups excluding carboxylic acids is 2. The SMILES string of the molecule is Cc1ccc(-n2nc(C(C)(C)C)cc2NC(=O)Nc2ccc(CC3CCN(CC(=O)c4ccc(OC(F)F)cc4)CC3)cc2)cc1. The number of carbonyl (C=O) groups is 2. The van der Waals surface area contributed by atoms with Crippen LogP contribution in [0.25, 0.3) is 5.69 Å². The smallest absolute Gasteiger partial charge is 0.387 e. The first kappa shape index (κ1) is 32.8. The summed E-state index contributed by atoms with van der Waals surface area (Å²) in [6, 6.07) is 23.3. The van der Waals surface area contributed by atoms with Gasteiger partial charge in [0.2, 0.25) is 0 Å². The van der Waals surface area contributed by atoms with Crippen LogP contribution in [0.3, 0.4) is 0 Å². The van der Waals surface area contributed by atoms with E-state index < -0.39 is 6.61 Å². The quantitative estimate of drug-likeness (QED) is 0.174. The van der Waals surface area contributed by atoms with Crippen molar-refractivity contribution in [3.8, 4) is 11.4 Å². The van der Waals surface area contributed by atoms with Gasteiger partial charge in [0.05, 0.1) is 17.9 Å². The number of likely N-dealkylation sites (tertiary alicyclic amines) is 1. The predicted octanol–water partition coefficient (Wildman–Crippen LogP) is 7.86. The molecule has 0 bridgehead atoms. The Bertz CT molecular complexity index is 1620. The summed E-state index contributed by atoms with van der Waals surface area (Å²) in [5.74, 6) is 1.09. The molecule has 1 aliphatic rings. The van der Waals surface area contributed by atoms with Crippen molar-refractivity contribution in [1.82, 2.24) is 14.7 Å². The monoisotopic (exact) mass is 629 g/mol. The number of aryl methyl sites for hydroxylation is 1. The molecule has 1 aromatic heterocycles. The normalized spacial score (nSPS) is 14.3. The zero-order chi connectivity index (χ0) is 32.8. The van der Waals surface area contributed by atoms with E-state index in [0.29, 0.717) is 29.5 Å². The fourth-order valence-corrected chi connectivity index (χ4v) is 5.52. The number of piperidine rings is 1. The molecule has 4 aromatic rings. The van der Waals surface area contributed by atoms with Gasteiger partial charge in [0.15, 0.2) is 5.78 Å². The van der Waals surface area contributed by atoms with E-state index >= 15 is 0 Å². The van der Waals surface area contributed by atoms with Crippen LogP contribution in [0.4, 0.5) is 25.1 Å². The van der Waals surface area contributed by atoms with Crippen molar-refractivity contribution in [3.05, 3.63) is 101 Å². The van der Waals surface area contributed by atoms with Crippen molar-refractivity contribution in [2.24, 2.45) is 5.92 Å². The van der Waals surface area contributed by atoms with Gasteiger partial charge >= 0.3 is 12.6 Å². The van der Waals surface area contributed by atoms with Gasteiger partial charge in [-0.3, -0.25) is 15.0 Å². The van der Waals surface area contributed by atoms with Gasteiger partial charge in [-0.25, -0.2) is 9.48 Å². The first-order valence-electron chi connectivity index (χ1n) is 15.6. The Morgan fingerprint density at radius 2 is 1.59 bits per heavy atom. The average Bonchev–Trinajstić information content (AvgIpc) is 3.44. The molecule has 1 saturated heterocycles. The lowest BCUT2D eigenvalue weighted by Gasteiger charge is -2.31. The van der Waals surface area contributed by atoms with E-state index in [-0.39, 0.29) is 23.0 Å². The third-order valence-electron chi connectivity index (χ3n) is 8.21. The van der Waals surface area contributed by atoms with Crippen molar-refractivity contribution in [1.29, 1.82) is 0 Å². The number of hydrogen-bond donors (Lipinski definition) is 2. The second kappa shape index (κ2) is 14.2. The number of hydrogen-bond acceptors (Lipinski definition) is 5. The third kappa shape index (κ3) is 8.78. The van der Waals surface area contributed by atoms with Crippen molar-refractivity contribution < 1.29 is 23.1 Å². The van der Waals surface area contributed by atoms with Crippen LogP contribution in [0.2, 0.25) is 0 Å². The minimum Gasteiger partial charge on any atom is -0.435 e. The third-order valence-corrected chi connectivity index (χ3v) is 8.21. The number of amides is 2. The molecule has 0 saturated carbocycles. The summed E-state index contributed by atoms with van der Waals surface area (Å²) in [6.45, 7) is 7.34. The molecule has 0 atom stereocenters. The zero-order valence-electron chi connectivity index (χ0n) is 26.7. The second-order valence-electron chi connectivity index (χ2n) is 12.9. The van der Waals surface area contributed by atoms with Crippen molar-refractivity contribution in [2.75, 3.05) is 30.3 Å². The molecule has 0 unspecified atom stereocenters. The topological polar surface area (TPSA) is 88.5 Å². The molecule has 10 heteroatoms. The summed E-state index contributed by atoms with van der Waals surface area (Å²) in [6.07, 6.45) is 2.87. The standard InChI is InChI=1S/C36H41F2N5O3/c1-24-5-13-29(14-6-24)43-33(22-32(41-43)36(2,3)4)40-35(45)39-28-11-7-25(8-12-28)21-26-17-19-42(20-18-26)23-31(44)27-9-15-30(16-10-27)46-34(37)38/h5-16,22,26,34H,17-21,23H2,1-4H3,(H2,39,40,45). The van der Waals surface area contributed by atoms with Crippen molar-refractivity contribution in [2.45, 2.75) is 59.0 Å². The van der Waals surface area contributed by atoms with Crippen molar-refractivity contribution in [3.63, 3.8) is 0 Å². The van der Waals surface area contributed by atoms with Crippen LogP contribution in [0.5, 0.6) is 5.75 Å². The van der Waals surface area contributed by atoms with Gasteiger partial charge in [0.1, 0.15) is 11.6 Å². The first-order chi connectivity index (χ1) is 21.9. The highest BCUT2D eigenvalue weighted by atomic mass is 19.3. The largest absolute Gasteiger partial charge is 0.435 e. The Morgan fingerprint density at radius 1 is 0.935 bits per heavy atom. The summed E-state index contributed by atoms with van der Waals surface area (Å²) >= 11 is 0. The van der Waals surface area contributed by atoms with Gasteiger partial charge in [0.25, 0.3) is 0 Å². The minimum absolute atomic E-state index is 0.0382. The van der Waals surface area contributed by atoms with E-state index in [1.807, 2.05) is 61.5 Å². The van der Waals surface area contributed by atoms with Crippen LogP contribution in [0.1, 0.15) is 60.8 Å².